The normalized spacial score (nSPS) is 25.0. The zero-order chi connectivity index (χ0) is 10.1. The van der Waals surface area contributed by atoms with Gasteiger partial charge < -0.3 is 5.11 Å². The fourth-order valence-electron chi connectivity index (χ4n) is 1.45. The van der Waals surface area contributed by atoms with Gasteiger partial charge in [-0.2, -0.15) is 5.06 Å². The highest BCUT2D eigenvalue weighted by molar-refractivity contribution is 5.73. The Hall–Kier alpha value is -0.610. The van der Waals surface area contributed by atoms with Crippen LogP contribution in [-0.4, -0.2) is 34.3 Å². The van der Waals surface area contributed by atoms with Crippen LogP contribution in [0.1, 0.15) is 33.6 Å². The highest BCUT2D eigenvalue weighted by Crippen LogP contribution is 2.22. The summed E-state index contributed by atoms with van der Waals surface area (Å²) < 4.78 is 0. The van der Waals surface area contributed by atoms with Crippen LogP contribution in [0.3, 0.4) is 0 Å². The van der Waals surface area contributed by atoms with Crippen molar-refractivity contribution in [2.24, 2.45) is 0 Å². The highest BCUT2D eigenvalue weighted by atomic mass is 16.7. The second-order valence-corrected chi connectivity index (χ2v) is 4.34. The van der Waals surface area contributed by atoms with Crippen molar-refractivity contribution in [2.45, 2.75) is 45.3 Å². The lowest BCUT2D eigenvalue weighted by atomic mass is 10.2. The van der Waals surface area contributed by atoms with E-state index in [1.54, 1.807) is 5.06 Å². The number of carboxylic acids is 1. The molecule has 0 spiro atoms. The van der Waals surface area contributed by atoms with Gasteiger partial charge in [-0.3, -0.25) is 9.63 Å². The summed E-state index contributed by atoms with van der Waals surface area (Å²) in [5.41, 5.74) is -0.307. The molecule has 1 fully saturated rings. The van der Waals surface area contributed by atoms with E-state index in [4.69, 9.17) is 9.94 Å². The van der Waals surface area contributed by atoms with Gasteiger partial charge in [0.15, 0.2) is 0 Å². The fourth-order valence-corrected chi connectivity index (χ4v) is 1.45. The van der Waals surface area contributed by atoms with Crippen LogP contribution in [0.2, 0.25) is 0 Å². The first-order valence-corrected chi connectivity index (χ1v) is 4.59. The molecule has 1 aliphatic heterocycles. The maximum atomic E-state index is 10.8. The Morgan fingerprint density at radius 3 is 2.62 bits per heavy atom. The molecule has 0 amide bonds. The number of nitrogens with zero attached hydrogens (tertiary/aromatic N) is 1. The van der Waals surface area contributed by atoms with Crippen molar-refractivity contribution in [3.63, 3.8) is 0 Å². The fraction of sp³-hybridized carbons (Fsp3) is 0.889. The van der Waals surface area contributed by atoms with Crippen molar-refractivity contribution < 1.29 is 14.7 Å². The maximum absolute atomic E-state index is 10.8. The number of aliphatic carboxylic acids is 1. The molecule has 1 rings (SSSR count). The smallest absolute Gasteiger partial charge is 0.323 e. The third-order valence-electron chi connectivity index (χ3n) is 1.88. The molecule has 1 N–H and O–H groups in total. The molecule has 13 heavy (non-hydrogen) atoms. The van der Waals surface area contributed by atoms with Crippen LogP contribution in [0.4, 0.5) is 0 Å². The molecule has 0 radical (unpaired) electrons. The second-order valence-electron chi connectivity index (χ2n) is 4.34. The lowest BCUT2D eigenvalue weighted by Gasteiger charge is -2.29. The number of hydroxylamine groups is 2. The van der Waals surface area contributed by atoms with E-state index in [1.165, 1.54) is 0 Å². The number of carboxylic acid groups (broad SMARTS) is 1. The van der Waals surface area contributed by atoms with Crippen LogP contribution >= 0.6 is 0 Å². The first kappa shape index (κ1) is 10.5. The monoisotopic (exact) mass is 187 g/mol. The topological polar surface area (TPSA) is 49.8 Å². The van der Waals surface area contributed by atoms with E-state index >= 15 is 0 Å². The number of rotatable bonds is 2. The minimum atomic E-state index is -0.790. The van der Waals surface area contributed by atoms with Crippen molar-refractivity contribution in [2.75, 3.05) is 6.54 Å². The average Bonchev–Trinajstić information content (AvgIpc) is 2.31. The number of carbonyl (C=O) groups is 1. The zero-order valence-electron chi connectivity index (χ0n) is 8.41. The molecule has 1 aliphatic rings. The molecule has 0 aliphatic carbocycles. The molecule has 0 bridgehead atoms. The van der Waals surface area contributed by atoms with Crippen LogP contribution in [0.5, 0.6) is 0 Å². The summed E-state index contributed by atoms with van der Waals surface area (Å²) in [6.45, 7) is 6.48. The van der Waals surface area contributed by atoms with Crippen LogP contribution in [0, 0.1) is 0 Å². The van der Waals surface area contributed by atoms with Crippen molar-refractivity contribution in [3.05, 3.63) is 0 Å². The van der Waals surface area contributed by atoms with Crippen molar-refractivity contribution in [3.8, 4) is 0 Å². The number of hydrogen-bond donors (Lipinski definition) is 1. The van der Waals surface area contributed by atoms with Crippen molar-refractivity contribution in [1.29, 1.82) is 0 Å². The summed E-state index contributed by atoms with van der Waals surface area (Å²) in [6, 6.07) is -0.459. The van der Waals surface area contributed by atoms with E-state index in [-0.39, 0.29) is 5.60 Å². The Bertz CT molecular complexity index is 198. The van der Waals surface area contributed by atoms with Gasteiger partial charge >= 0.3 is 5.97 Å². The van der Waals surface area contributed by atoms with E-state index < -0.39 is 12.0 Å². The lowest BCUT2D eigenvalue weighted by molar-refractivity contribution is -0.237. The van der Waals surface area contributed by atoms with E-state index in [9.17, 15) is 4.79 Å². The predicted molar refractivity (Wildman–Crippen MR) is 48.2 cm³/mol. The summed E-state index contributed by atoms with van der Waals surface area (Å²) in [7, 11) is 0. The minimum absolute atomic E-state index is 0.307. The Morgan fingerprint density at radius 1 is 1.54 bits per heavy atom. The quantitative estimate of drug-likeness (QED) is 0.707. The van der Waals surface area contributed by atoms with E-state index in [2.05, 4.69) is 0 Å². The molecule has 0 saturated carbocycles. The van der Waals surface area contributed by atoms with Gasteiger partial charge in [-0.25, -0.2) is 0 Å². The van der Waals surface area contributed by atoms with Crippen LogP contribution in [0.25, 0.3) is 0 Å². The van der Waals surface area contributed by atoms with Crippen LogP contribution < -0.4 is 0 Å². The summed E-state index contributed by atoms with van der Waals surface area (Å²) in [5.74, 6) is -0.790. The van der Waals surface area contributed by atoms with Gasteiger partial charge in [0, 0.05) is 6.54 Å². The lowest BCUT2D eigenvalue weighted by Crippen LogP contribution is -2.41. The van der Waals surface area contributed by atoms with Gasteiger partial charge in [0.05, 0.1) is 5.60 Å². The van der Waals surface area contributed by atoms with E-state index in [0.717, 1.165) is 6.42 Å². The first-order chi connectivity index (χ1) is 5.90. The molecule has 4 heteroatoms. The summed E-state index contributed by atoms with van der Waals surface area (Å²) in [6.07, 6.45) is 1.58. The van der Waals surface area contributed by atoms with E-state index in [1.807, 2.05) is 20.8 Å². The second kappa shape index (κ2) is 3.64. The molecule has 4 nitrogen and oxygen atoms in total. The molecule has 0 unspecified atom stereocenters. The minimum Gasteiger partial charge on any atom is -0.480 e. The Kier molecular flexibility index (Phi) is 2.93. The maximum Gasteiger partial charge on any atom is 0.323 e. The molecule has 0 aromatic rings. The predicted octanol–water partition coefficient (Wildman–Crippen LogP) is 1.27. The van der Waals surface area contributed by atoms with Crippen LogP contribution in [0.15, 0.2) is 0 Å². The molecule has 1 saturated heterocycles. The molecule has 1 atom stereocenters. The molecule has 1 heterocycles. The Balaban J connectivity index is 2.54. The molecule has 76 valence electrons. The molecular weight excluding hydrogens is 170 g/mol. The van der Waals surface area contributed by atoms with E-state index in [0.29, 0.717) is 13.0 Å². The molecular formula is C9H17NO3. The average molecular weight is 187 g/mol. The standard InChI is InChI=1S/C9H17NO3/c1-9(2,3)13-10-6-4-5-7(10)8(11)12/h7H,4-6H2,1-3H3,(H,11,12)/t7-/m0/s1. The van der Waals surface area contributed by atoms with Crippen molar-refractivity contribution >= 4 is 5.97 Å². The largest absolute Gasteiger partial charge is 0.480 e. The Morgan fingerprint density at radius 2 is 2.15 bits per heavy atom. The third-order valence-corrected chi connectivity index (χ3v) is 1.88. The number of hydrogen-bond acceptors (Lipinski definition) is 3. The highest BCUT2D eigenvalue weighted by Gasteiger charge is 2.33. The summed E-state index contributed by atoms with van der Waals surface area (Å²) in [5, 5.41) is 10.4. The Labute approximate surface area is 78.4 Å². The summed E-state index contributed by atoms with van der Waals surface area (Å²) in [4.78, 5) is 16.3. The van der Waals surface area contributed by atoms with Gasteiger partial charge in [-0.15, -0.1) is 0 Å². The third kappa shape index (κ3) is 2.97. The van der Waals surface area contributed by atoms with Gasteiger partial charge in [0.2, 0.25) is 0 Å². The van der Waals surface area contributed by atoms with Crippen LogP contribution in [-0.2, 0) is 9.63 Å². The SMILES string of the molecule is CC(C)(C)ON1CCC[C@H]1C(=O)O. The van der Waals surface area contributed by atoms with Gasteiger partial charge in [0.25, 0.3) is 0 Å². The summed E-state index contributed by atoms with van der Waals surface area (Å²) >= 11 is 0. The molecule has 0 aromatic carbocycles. The van der Waals surface area contributed by atoms with Crippen molar-refractivity contribution in [1.82, 2.24) is 5.06 Å². The van der Waals surface area contributed by atoms with Gasteiger partial charge in [-0.05, 0) is 33.6 Å². The zero-order valence-corrected chi connectivity index (χ0v) is 8.41. The van der Waals surface area contributed by atoms with Gasteiger partial charge in [0.1, 0.15) is 6.04 Å². The van der Waals surface area contributed by atoms with Gasteiger partial charge in [-0.1, -0.05) is 0 Å². The first-order valence-electron chi connectivity index (χ1n) is 4.59. The molecule has 0 aromatic heterocycles.